The zero-order chi connectivity index (χ0) is 8.81. The number of methoxy groups -OCH3 is 1. The molecule has 2 nitrogen and oxygen atoms in total. The van der Waals surface area contributed by atoms with Gasteiger partial charge in [0.2, 0.25) is 0 Å². The van der Waals surface area contributed by atoms with Gasteiger partial charge in [-0.2, -0.15) is 0 Å². The molecule has 0 aliphatic rings. The fraction of sp³-hybridized carbons (Fsp3) is 0.400. The van der Waals surface area contributed by atoms with Gasteiger partial charge in [-0.3, -0.25) is 0 Å². The number of benzene rings is 1. The first-order valence-electron chi connectivity index (χ1n) is 3.93. The van der Waals surface area contributed by atoms with Gasteiger partial charge in [0.25, 0.3) is 0 Å². The Hall–Kier alpha value is -1.02. The average Bonchev–Trinajstić information content (AvgIpc) is 2.09. The SMILES string of the molecule is COCCOc1[c]cc(C)cc1. The molecule has 0 N–H and O–H groups in total. The maximum atomic E-state index is 5.32. The van der Waals surface area contributed by atoms with E-state index in [-0.39, 0.29) is 0 Å². The molecule has 0 atom stereocenters. The fourth-order valence-corrected chi connectivity index (χ4v) is 0.813. The highest BCUT2D eigenvalue weighted by Gasteiger charge is 1.91. The normalized spacial score (nSPS) is 9.83. The van der Waals surface area contributed by atoms with Crippen LogP contribution in [0.1, 0.15) is 5.56 Å². The summed E-state index contributed by atoms with van der Waals surface area (Å²) in [7, 11) is 1.65. The summed E-state index contributed by atoms with van der Waals surface area (Å²) in [6, 6.07) is 8.83. The fourth-order valence-electron chi connectivity index (χ4n) is 0.813. The Kier molecular flexibility index (Phi) is 3.61. The van der Waals surface area contributed by atoms with Crippen molar-refractivity contribution in [2.45, 2.75) is 6.92 Å². The van der Waals surface area contributed by atoms with Crippen molar-refractivity contribution in [3.05, 3.63) is 29.8 Å². The highest BCUT2D eigenvalue weighted by atomic mass is 16.5. The van der Waals surface area contributed by atoms with Crippen LogP contribution in [0.4, 0.5) is 0 Å². The minimum absolute atomic E-state index is 0.579. The Morgan fingerprint density at radius 1 is 1.33 bits per heavy atom. The highest BCUT2D eigenvalue weighted by Crippen LogP contribution is 2.09. The summed E-state index contributed by atoms with van der Waals surface area (Å²) < 4.78 is 10.2. The van der Waals surface area contributed by atoms with Gasteiger partial charge in [-0.25, -0.2) is 0 Å². The van der Waals surface area contributed by atoms with Crippen molar-refractivity contribution >= 4 is 0 Å². The molecule has 0 amide bonds. The van der Waals surface area contributed by atoms with Gasteiger partial charge in [-0.1, -0.05) is 11.6 Å². The molecule has 0 saturated carbocycles. The Bertz CT molecular complexity index is 216. The maximum absolute atomic E-state index is 5.32. The molecule has 0 spiro atoms. The van der Waals surface area contributed by atoms with Gasteiger partial charge >= 0.3 is 0 Å². The summed E-state index contributed by atoms with van der Waals surface area (Å²) in [6.45, 7) is 3.22. The summed E-state index contributed by atoms with van der Waals surface area (Å²) >= 11 is 0. The second kappa shape index (κ2) is 4.78. The Labute approximate surface area is 73.1 Å². The summed E-state index contributed by atoms with van der Waals surface area (Å²) in [6.07, 6.45) is 0. The lowest BCUT2D eigenvalue weighted by molar-refractivity contribution is 0.146. The van der Waals surface area contributed by atoms with E-state index in [0.29, 0.717) is 13.2 Å². The minimum Gasteiger partial charge on any atom is -0.491 e. The quantitative estimate of drug-likeness (QED) is 0.633. The average molecular weight is 165 g/mol. The first kappa shape index (κ1) is 9.07. The molecule has 65 valence electrons. The molecule has 0 aliphatic carbocycles. The van der Waals surface area contributed by atoms with Crippen LogP contribution in [0, 0.1) is 13.0 Å². The third-order valence-corrected chi connectivity index (χ3v) is 1.48. The van der Waals surface area contributed by atoms with E-state index in [4.69, 9.17) is 9.47 Å². The lowest BCUT2D eigenvalue weighted by Gasteiger charge is -2.04. The van der Waals surface area contributed by atoms with E-state index in [1.807, 2.05) is 25.1 Å². The first-order valence-corrected chi connectivity index (χ1v) is 3.93. The lowest BCUT2D eigenvalue weighted by atomic mass is 10.2. The predicted molar refractivity (Wildman–Crippen MR) is 47.4 cm³/mol. The molecule has 1 aromatic carbocycles. The van der Waals surface area contributed by atoms with E-state index in [1.54, 1.807) is 7.11 Å². The van der Waals surface area contributed by atoms with Gasteiger partial charge in [0.15, 0.2) is 0 Å². The van der Waals surface area contributed by atoms with Crippen molar-refractivity contribution in [3.8, 4) is 5.75 Å². The molecular weight excluding hydrogens is 152 g/mol. The van der Waals surface area contributed by atoms with Crippen molar-refractivity contribution in [1.82, 2.24) is 0 Å². The summed E-state index contributed by atoms with van der Waals surface area (Å²) in [5.41, 5.74) is 1.19. The lowest BCUT2D eigenvalue weighted by Crippen LogP contribution is -2.03. The third-order valence-electron chi connectivity index (χ3n) is 1.48. The molecule has 0 aliphatic heterocycles. The van der Waals surface area contributed by atoms with Crippen LogP contribution in [0.2, 0.25) is 0 Å². The van der Waals surface area contributed by atoms with Crippen LogP contribution in [-0.4, -0.2) is 20.3 Å². The van der Waals surface area contributed by atoms with Crippen LogP contribution >= 0.6 is 0 Å². The van der Waals surface area contributed by atoms with E-state index < -0.39 is 0 Å². The van der Waals surface area contributed by atoms with Crippen LogP contribution in [0.25, 0.3) is 0 Å². The number of aryl methyl sites for hydroxylation is 1. The Balaban J connectivity index is 2.37. The van der Waals surface area contributed by atoms with Crippen LogP contribution in [0.15, 0.2) is 18.2 Å². The van der Waals surface area contributed by atoms with Crippen molar-refractivity contribution in [1.29, 1.82) is 0 Å². The van der Waals surface area contributed by atoms with E-state index in [2.05, 4.69) is 6.07 Å². The summed E-state index contributed by atoms with van der Waals surface area (Å²) in [4.78, 5) is 0. The molecule has 0 saturated heterocycles. The number of hydrogen-bond donors (Lipinski definition) is 0. The van der Waals surface area contributed by atoms with Crippen LogP contribution < -0.4 is 4.74 Å². The monoisotopic (exact) mass is 165 g/mol. The second-order valence-electron chi connectivity index (χ2n) is 2.57. The molecule has 0 aromatic heterocycles. The molecule has 1 radical (unpaired) electrons. The standard InChI is InChI=1S/C10H13O2/c1-9-3-5-10(6-4-9)12-8-7-11-2/h3-5H,7-8H2,1-2H3. The van der Waals surface area contributed by atoms with Crippen LogP contribution in [-0.2, 0) is 4.74 Å². The molecule has 12 heavy (non-hydrogen) atoms. The second-order valence-corrected chi connectivity index (χ2v) is 2.57. The molecule has 1 rings (SSSR count). The topological polar surface area (TPSA) is 18.5 Å². The molecule has 0 heterocycles. The van der Waals surface area contributed by atoms with Crippen molar-refractivity contribution in [3.63, 3.8) is 0 Å². The molecule has 0 unspecified atom stereocenters. The largest absolute Gasteiger partial charge is 0.491 e. The molecule has 2 heteroatoms. The third kappa shape index (κ3) is 2.93. The van der Waals surface area contributed by atoms with Crippen molar-refractivity contribution < 1.29 is 9.47 Å². The van der Waals surface area contributed by atoms with E-state index in [1.165, 1.54) is 5.56 Å². The van der Waals surface area contributed by atoms with Gasteiger partial charge < -0.3 is 9.47 Å². The van der Waals surface area contributed by atoms with Gasteiger partial charge in [0.1, 0.15) is 12.4 Å². The van der Waals surface area contributed by atoms with E-state index in [9.17, 15) is 0 Å². The summed E-state index contributed by atoms with van der Waals surface area (Å²) in [5.74, 6) is 0.776. The molecule has 0 bridgehead atoms. The number of hydrogen-bond acceptors (Lipinski definition) is 2. The van der Waals surface area contributed by atoms with Crippen molar-refractivity contribution in [2.24, 2.45) is 0 Å². The van der Waals surface area contributed by atoms with Crippen molar-refractivity contribution in [2.75, 3.05) is 20.3 Å². The van der Waals surface area contributed by atoms with Gasteiger partial charge in [-0.05, 0) is 19.1 Å². The smallest absolute Gasteiger partial charge is 0.127 e. The maximum Gasteiger partial charge on any atom is 0.127 e. The molecule has 0 fully saturated rings. The highest BCUT2D eigenvalue weighted by molar-refractivity contribution is 5.24. The molecular formula is C10H13O2. The van der Waals surface area contributed by atoms with Gasteiger partial charge in [0.05, 0.1) is 6.61 Å². The first-order chi connectivity index (χ1) is 5.83. The summed E-state index contributed by atoms with van der Waals surface area (Å²) in [5, 5.41) is 0. The Morgan fingerprint density at radius 2 is 2.17 bits per heavy atom. The van der Waals surface area contributed by atoms with Crippen LogP contribution in [0.5, 0.6) is 5.75 Å². The zero-order valence-electron chi connectivity index (χ0n) is 7.46. The van der Waals surface area contributed by atoms with Crippen LogP contribution in [0.3, 0.4) is 0 Å². The molecule has 1 aromatic rings. The Morgan fingerprint density at radius 3 is 2.75 bits per heavy atom. The number of rotatable bonds is 4. The zero-order valence-corrected chi connectivity index (χ0v) is 7.46. The minimum atomic E-state index is 0.579. The predicted octanol–water partition coefficient (Wildman–Crippen LogP) is 1.82. The van der Waals surface area contributed by atoms with E-state index in [0.717, 1.165) is 5.75 Å². The number of ether oxygens (including phenoxy) is 2. The van der Waals surface area contributed by atoms with E-state index >= 15 is 0 Å². The van der Waals surface area contributed by atoms with Gasteiger partial charge in [-0.15, -0.1) is 0 Å². The van der Waals surface area contributed by atoms with Gasteiger partial charge in [0, 0.05) is 13.2 Å².